The molecule has 2 atom stereocenters. The van der Waals surface area contributed by atoms with E-state index < -0.39 is 43.9 Å². The molecule has 24 heavy (non-hydrogen) atoms. The van der Waals surface area contributed by atoms with Crippen molar-refractivity contribution in [2.24, 2.45) is 5.89 Å². The number of fused-ring (bicyclic) bond motifs is 1. The Morgan fingerprint density at radius 1 is 1.21 bits per heavy atom. The third kappa shape index (κ3) is 3.17. The van der Waals surface area contributed by atoms with Gasteiger partial charge < -0.3 is 19.5 Å². The van der Waals surface area contributed by atoms with Crippen LogP contribution in [-0.4, -0.2) is 26.4 Å². The first-order chi connectivity index (χ1) is 14.3. The van der Waals surface area contributed by atoms with Gasteiger partial charge in [-0.25, -0.2) is 4.39 Å². The van der Waals surface area contributed by atoms with Crippen LogP contribution in [-0.2, 0) is 0 Å². The third-order valence-corrected chi connectivity index (χ3v) is 3.81. The number of rotatable bonds is 4. The molecule has 2 aromatic carbocycles. The van der Waals surface area contributed by atoms with Crippen LogP contribution in [0.4, 0.5) is 4.39 Å². The third-order valence-electron chi connectivity index (χ3n) is 3.81. The maximum absolute atomic E-state index is 13.4. The number of ether oxygens (including phenoxy) is 3. The summed E-state index contributed by atoms with van der Waals surface area (Å²) in [6.45, 7) is -5.51. The summed E-state index contributed by atoms with van der Waals surface area (Å²) in [5, 5.41) is 2.46. The molecule has 0 saturated carbocycles. The zero-order chi connectivity index (χ0) is 22.7. The van der Waals surface area contributed by atoms with Gasteiger partial charge in [-0.1, -0.05) is 12.1 Å². The maximum Gasteiger partial charge on any atom is 0.231 e. The van der Waals surface area contributed by atoms with Gasteiger partial charge in [0.25, 0.3) is 0 Å². The fraction of sp³-hybridized carbons (Fsp3) is 0.368. The number of benzene rings is 2. The van der Waals surface area contributed by atoms with Crippen LogP contribution in [0.1, 0.15) is 27.4 Å². The van der Waals surface area contributed by atoms with Crippen LogP contribution < -0.4 is 19.5 Å². The maximum atomic E-state index is 13.4. The average molecular weight is 336 g/mol. The second-order valence-corrected chi connectivity index (χ2v) is 5.38. The van der Waals surface area contributed by atoms with Gasteiger partial charge in [0.2, 0.25) is 6.75 Å². The second-order valence-electron chi connectivity index (χ2n) is 5.38. The van der Waals surface area contributed by atoms with Crippen molar-refractivity contribution in [1.29, 1.82) is 0 Å². The Labute approximate surface area is 150 Å². The first-order valence-electron chi connectivity index (χ1n) is 11.0. The van der Waals surface area contributed by atoms with Gasteiger partial charge in [0.05, 0.1) is 6.61 Å². The molecule has 1 unspecified atom stereocenters. The van der Waals surface area contributed by atoms with Crippen LogP contribution in [0.15, 0.2) is 42.5 Å². The summed E-state index contributed by atoms with van der Waals surface area (Å²) in [5.41, 5.74) is 0.286. The Bertz CT molecular complexity index is 989. The largest absolute Gasteiger partial charge is 0.493 e. The predicted octanol–water partition coefficient (Wildman–Crippen LogP) is 3.33. The number of nitrogens with one attached hydrogen (secondary N) is 1. The Hall–Kier alpha value is -2.27. The zero-order valence-electron chi connectivity index (χ0n) is 19.6. The molecule has 5 heteroatoms. The van der Waals surface area contributed by atoms with Crippen LogP contribution in [0.3, 0.4) is 0 Å². The van der Waals surface area contributed by atoms with Gasteiger partial charge in [0.15, 0.2) is 11.5 Å². The predicted molar refractivity (Wildman–Crippen MR) is 88.2 cm³/mol. The molecule has 2 heterocycles. The van der Waals surface area contributed by atoms with E-state index in [-0.39, 0.29) is 29.4 Å². The number of piperidine rings is 1. The molecular formula is C19H20FNO3. The molecule has 1 fully saturated rings. The van der Waals surface area contributed by atoms with E-state index in [2.05, 4.69) is 5.32 Å². The molecule has 0 amide bonds. The molecule has 2 aromatic rings. The van der Waals surface area contributed by atoms with Crippen molar-refractivity contribution in [3.05, 3.63) is 53.8 Å². The van der Waals surface area contributed by atoms with Crippen LogP contribution in [0.2, 0.25) is 0 Å². The number of halogens is 1. The van der Waals surface area contributed by atoms with Crippen molar-refractivity contribution in [3.8, 4) is 17.2 Å². The van der Waals surface area contributed by atoms with Gasteiger partial charge >= 0.3 is 0 Å². The second kappa shape index (κ2) is 6.69. The summed E-state index contributed by atoms with van der Waals surface area (Å²) in [7, 11) is 0. The van der Waals surface area contributed by atoms with E-state index in [1.54, 1.807) is 0 Å². The summed E-state index contributed by atoms with van der Waals surface area (Å²) < 4.78 is 86.7. The molecule has 1 N–H and O–H groups in total. The number of hydrogen-bond acceptors (Lipinski definition) is 4. The summed E-state index contributed by atoms with van der Waals surface area (Å²) in [4.78, 5) is 0. The average Bonchev–Trinajstić information content (AvgIpc) is 2.98. The minimum Gasteiger partial charge on any atom is -0.493 e. The molecule has 0 aliphatic carbocycles. The van der Waals surface area contributed by atoms with Gasteiger partial charge in [0, 0.05) is 25.3 Å². The SMILES string of the molecule is [2H]C1([2H])Oc2ccc(OCC3([2H])[C@H](c4ccc(F)cc4)C([2H])([2H])CNC3([2H])[2H])cc2O1. The van der Waals surface area contributed by atoms with Gasteiger partial charge in [-0.15, -0.1) is 0 Å². The molecule has 0 radical (unpaired) electrons. The fourth-order valence-electron chi connectivity index (χ4n) is 2.61. The number of hydrogen-bond donors (Lipinski definition) is 1. The molecule has 2 aliphatic rings. The fourth-order valence-corrected chi connectivity index (χ4v) is 2.61. The minimum atomic E-state index is -2.33. The minimum absolute atomic E-state index is 0.0942. The summed E-state index contributed by atoms with van der Waals surface area (Å²) in [6.07, 6.45) is -2.01. The van der Waals surface area contributed by atoms with E-state index in [0.29, 0.717) is 0 Å². The molecular weight excluding hydrogens is 309 g/mol. The molecule has 2 aliphatic heterocycles. The lowest BCUT2D eigenvalue weighted by molar-refractivity contribution is 0.173. The lowest BCUT2D eigenvalue weighted by Gasteiger charge is -2.32. The van der Waals surface area contributed by atoms with Crippen LogP contribution >= 0.6 is 0 Å². The lowest BCUT2D eigenvalue weighted by atomic mass is 9.81. The zero-order valence-corrected chi connectivity index (χ0v) is 12.6. The quantitative estimate of drug-likeness (QED) is 0.930. The van der Waals surface area contributed by atoms with Gasteiger partial charge in [-0.3, -0.25) is 0 Å². The molecule has 4 rings (SSSR count). The van der Waals surface area contributed by atoms with Crippen molar-refractivity contribution in [2.75, 3.05) is 26.4 Å². The summed E-state index contributed by atoms with van der Waals surface area (Å²) in [5.74, 6) is -3.47. The standard InChI is InChI=1S/C19H20FNO3/c20-15-3-1-13(2-4-15)17-7-8-21-10-14(17)11-22-16-5-6-18-19(9-16)24-12-23-18/h1-6,9,14,17,21H,7-8,10-12H2/t14?,17-/m0/s1/i7D2,10D2,12D2,14D. The van der Waals surface area contributed by atoms with Gasteiger partial charge in [-0.05, 0) is 48.7 Å². The molecule has 1 saturated heterocycles. The molecule has 0 spiro atoms. The van der Waals surface area contributed by atoms with E-state index in [4.69, 9.17) is 23.8 Å². The lowest BCUT2D eigenvalue weighted by Crippen LogP contribution is -2.38. The smallest absolute Gasteiger partial charge is 0.231 e. The van der Waals surface area contributed by atoms with Gasteiger partial charge in [-0.2, -0.15) is 0 Å². The highest BCUT2D eigenvalue weighted by molar-refractivity contribution is 5.46. The summed E-state index contributed by atoms with van der Waals surface area (Å²) in [6, 6.07) is 9.25. The van der Waals surface area contributed by atoms with E-state index >= 15 is 0 Å². The highest BCUT2D eigenvalue weighted by Crippen LogP contribution is 2.36. The Morgan fingerprint density at radius 2 is 2.04 bits per heavy atom. The van der Waals surface area contributed by atoms with Crippen molar-refractivity contribution in [3.63, 3.8) is 0 Å². The van der Waals surface area contributed by atoms with Crippen molar-refractivity contribution >= 4 is 0 Å². The topological polar surface area (TPSA) is 39.7 Å². The Kier molecular flexibility index (Phi) is 2.59. The first-order valence-corrected chi connectivity index (χ1v) is 7.48. The molecule has 0 bridgehead atoms. The van der Waals surface area contributed by atoms with E-state index in [1.165, 1.54) is 30.3 Å². The van der Waals surface area contributed by atoms with E-state index in [0.717, 1.165) is 12.1 Å². The van der Waals surface area contributed by atoms with Crippen molar-refractivity contribution in [1.82, 2.24) is 5.32 Å². The molecule has 126 valence electrons. The van der Waals surface area contributed by atoms with E-state index in [1.807, 2.05) is 0 Å². The van der Waals surface area contributed by atoms with Crippen LogP contribution in [0, 0.1) is 11.7 Å². The normalized spacial score (nSPS) is 36.0. The Balaban J connectivity index is 1.65. The molecule has 0 aromatic heterocycles. The van der Waals surface area contributed by atoms with Crippen molar-refractivity contribution < 1.29 is 28.2 Å². The van der Waals surface area contributed by atoms with Crippen LogP contribution in [0.25, 0.3) is 0 Å². The van der Waals surface area contributed by atoms with Crippen LogP contribution in [0.5, 0.6) is 17.2 Å². The highest BCUT2D eigenvalue weighted by Gasteiger charge is 2.27. The highest BCUT2D eigenvalue weighted by atomic mass is 19.1. The summed E-state index contributed by atoms with van der Waals surface area (Å²) >= 11 is 0. The van der Waals surface area contributed by atoms with E-state index in [9.17, 15) is 4.39 Å². The molecule has 4 nitrogen and oxygen atoms in total. The monoisotopic (exact) mass is 336 g/mol. The van der Waals surface area contributed by atoms with Gasteiger partial charge in [0.1, 0.15) is 14.3 Å². The van der Waals surface area contributed by atoms with Crippen molar-refractivity contribution in [2.45, 2.75) is 12.3 Å². The first kappa shape index (κ1) is 9.28. The Morgan fingerprint density at radius 3 is 2.92 bits per heavy atom.